The highest BCUT2D eigenvalue weighted by Gasteiger charge is 2.38. The first-order valence-corrected chi connectivity index (χ1v) is 13.2. The van der Waals surface area contributed by atoms with Crippen LogP contribution in [0.5, 0.6) is 0 Å². The summed E-state index contributed by atoms with van der Waals surface area (Å²) in [6.07, 6.45) is 2.67. The molecule has 6 nitrogen and oxygen atoms in total. The number of ether oxygens (including phenoxy) is 1. The van der Waals surface area contributed by atoms with Crippen molar-refractivity contribution >= 4 is 33.3 Å². The van der Waals surface area contributed by atoms with Crippen molar-refractivity contribution in [2.75, 3.05) is 23.9 Å². The highest BCUT2D eigenvalue weighted by Crippen LogP contribution is 2.47. The number of hydrogen-bond donors (Lipinski definition) is 3. The molecule has 3 aliphatic heterocycles. The van der Waals surface area contributed by atoms with E-state index >= 15 is 0 Å². The van der Waals surface area contributed by atoms with Crippen LogP contribution < -0.4 is 5.32 Å². The van der Waals surface area contributed by atoms with Gasteiger partial charge in [0.2, 0.25) is 0 Å². The lowest BCUT2D eigenvalue weighted by Gasteiger charge is -2.29. The van der Waals surface area contributed by atoms with Gasteiger partial charge in [0.25, 0.3) is 5.91 Å². The predicted molar refractivity (Wildman–Crippen MR) is 134 cm³/mol. The van der Waals surface area contributed by atoms with Crippen LogP contribution in [-0.2, 0) is 16.1 Å². The summed E-state index contributed by atoms with van der Waals surface area (Å²) < 4.78 is 39.9. The van der Waals surface area contributed by atoms with Crippen LogP contribution in [0, 0.1) is 5.82 Å². The van der Waals surface area contributed by atoms with Crippen molar-refractivity contribution < 1.29 is 23.0 Å². The van der Waals surface area contributed by atoms with E-state index in [-0.39, 0.29) is 11.9 Å². The van der Waals surface area contributed by atoms with Crippen molar-refractivity contribution in [3.63, 3.8) is 0 Å². The third kappa shape index (κ3) is 4.27. The summed E-state index contributed by atoms with van der Waals surface area (Å²) in [4.78, 5) is 14.8. The van der Waals surface area contributed by atoms with Crippen molar-refractivity contribution in [2.45, 2.75) is 38.5 Å². The lowest BCUT2D eigenvalue weighted by atomic mass is 9.91. The molecule has 1 amide bonds. The standard InChI is InChI=1S/C26H29FN2O4S/c1-26(2)21(13-23(33-26)24-20-12-18(27)8-9-22(20)28-25(24)30)17-6-4-16(5-7-17)14-29(3)19-10-11-34(31,32)15-19/h4-9,12-13,19,31-32H,10-11,14-15H2,1-3H3,(H,28,30). The van der Waals surface area contributed by atoms with Crippen LogP contribution in [0.1, 0.15) is 37.0 Å². The van der Waals surface area contributed by atoms with Crippen LogP contribution >= 0.6 is 10.6 Å². The quantitative estimate of drug-likeness (QED) is 0.511. The molecule has 0 bridgehead atoms. The summed E-state index contributed by atoms with van der Waals surface area (Å²) in [6, 6.07) is 12.6. The van der Waals surface area contributed by atoms with Crippen LogP contribution in [0.15, 0.2) is 54.3 Å². The average Bonchev–Trinajstić information content (AvgIpc) is 3.39. The van der Waals surface area contributed by atoms with E-state index in [4.69, 9.17) is 4.74 Å². The van der Waals surface area contributed by atoms with E-state index in [2.05, 4.69) is 22.3 Å². The smallest absolute Gasteiger partial charge is 0.260 e. The molecule has 2 aromatic carbocycles. The molecule has 34 heavy (non-hydrogen) atoms. The molecule has 0 aromatic heterocycles. The SMILES string of the molecule is CN(Cc1ccc(C2=CC(=C3C(=O)Nc4ccc(F)cc43)OC2(C)C)cc1)C1CCS(O)(O)C1. The maximum absolute atomic E-state index is 13.9. The lowest BCUT2D eigenvalue weighted by Crippen LogP contribution is -2.31. The van der Waals surface area contributed by atoms with E-state index < -0.39 is 22.0 Å². The van der Waals surface area contributed by atoms with Crippen LogP contribution in [0.3, 0.4) is 0 Å². The molecule has 5 rings (SSSR count). The maximum atomic E-state index is 13.9. The van der Waals surface area contributed by atoms with Crippen molar-refractivity contribution in [2.24, 2.45) is 0 Å². The number of hydrogen-bond acceptors (Lipinski definition) is 5. The number of anilines is 1. The number of amides is 1. The van der Waals surface area contributed by atoms with Crippen LogP contribution in [-0.4, -0.2) is 50.1 Å². The second-order valence-corrected chi connectivity index (χ2v) is 12.1. The highest BCUT2D eigenvalue weighted by molar-refractivity contribution is 8.24. The molecule has 180 valence electrons. The normalized spacial score (nSPS) is 25.7. The number of carbonyl (C=O) groups excluding carboxylic acids is 1. The topological polar surface area (TPSA) is 82.0 Å². The van der Waals surface area contributed by atoms with Crippen molar-refractivity contribution in [1.29, 1.82) is 0 Å². The zero-order valence-corrected chi connectivity index (χ0v) is 20.3. The molecule has 1 unspecified atom stereocenters. The number of nitrogens with zero attached hydrogens (tertiary/aromatic N) is 1. The maximum Gasteiger partial charge on any atom is 0.260 e. The Morgan fingerprint density at radius 2 is 1.94 bits per heavy atom. The fourth-order valence-electron chi connectivity index (χ4n) is 4.96. The first-order chi connectivity index (χ1) is 16.0. The number of rotatable bonds is 4. The molecular weight excluding hydrogens is 455 g/mol. The van der Waals surface area contributed by atoms with Gasteiger partial charge in [-0.3, -0.25) is 18.8 Å². The second-order valence-electron chi connectivity index (χ2n) is 9.78. The zero-order chi connectivity index (χ0) is 24.3. The molecule has 1 saturated heterocycles. The minimum absolute atomic E-state index is 0.175. The molecule has 8 heteroatoms. The van der Waals surface area contributed by atoms with Gasteiger partial charge in [-0.1, -0.05) is 24.3 Å². The minimum Gasteiger partial charge on any atom is -0.482 e. The average molecular weight is 485 g/mol. The fraction of sp³-hybridized carbons (Fsp3) is 0.346. The zero-order valence-electron chi connectivity index (χ0n) is 19.5. The largest absolute Gasteiger partial charge is 0.482 e. The van der Waals surface area contributed by atoms with Gasteiger partial charge in [-0.05, 0) is 62.7 Å². The summed E-state index contributed by atoms with van der Waals surface area (Å²) in [6.45, 7) is 4.62. The number of carbonyl (C=O) groups is 1. The Morgan fingerprint density at radius 3 is 2.62 bits per heavy atom. The van der Waals surface area contributed by atoms with E-state index in [1.165, 1.54) is 12.1 Å². The fourth-order valence-corrected chi connectivity index (χ4v) is 6.81. The molecule has 3 N–H and O–H groups in total. The minimum atomic E-state index is -2.42. The molecule has 0 aliphatic carbocycles. The van der Waals surface area contributed by atoms with E-state index in [0.29, 0.717) is 34.1 Å². The van der Waals surface area contributed by atoms with Gasteiger partial charge in [0.1, 0.15) is 17.2 Å². The summed E-state index contributed by atoms with van der Waals surface area (Å²) >= 11 is 0. The summed E-state index contributed by atoms with van der Waals surface area (Å²) in [5.41, 5.74) is 3.83. The first kappa shape index (κ1) is 23.1. The molecular formula is C26H29FN2O4S. The van der Waals surface area contributed by atoms with Gasteiger partial charge >= 0.3 is 0 Å². The van der Waals surface area contributed by atoms with E-state index in [1.54, 1.807) is 6.07 Å². The summed E-state index contributed by atoms with van der Waals surface area (Å²) in [5.74, 6) is 0.657. The van der Waals surface area contributed by atoms with Gasteiger partial charge in [-0.15, -0.1) is 0 Å². The van der Waals surface area contributed by atoms with Crippen LogP contribution in [0.25, 0.3) is 11.1 Å². The molecule has 3 heterocycles. The molecule has 2 aromatic rings. The third-order valence-corrected chi connectivity index (χ3v) is 8.63. The Kier molecular flexibility index (Phi) is 5.60. The molecule has 0 spiro atoms. The summed E-state index contributed by atoms with van der Waals surface area (Å²) in [5, 5.41) is 2.78. The number of fused-ring (bicyclic) bond motifs is 1. The number of nitrogens with one attached hydrogen (secondary N) is 1. The second kappa shape index (κ2) is 8.23. The van der Waals surface area contributed by atoms with Gasteiger partial charge in [0.05, 0.1) is 11.3 Å². The Bertz CT molecular complexity index is 1220. The van der Waals surface area contributed by atoms with E-state index in [0.717, 1.165) is 29.7 Å². The van der Waals surface area contributed by atoms with Gasteiger partial charge < -0.3 is 10.1 Å². The Balaban J connectivity index is 1.40. The molecule has 3 aliphatic rings. The lowest BCUT2D eigenvalue weighted by molar-refractivity contribution is -0.111. The van der Waals surface area contributed by atoms with Crippen molar-refractivity contribution in [3.8, 4) is 0 Å². The highest BCUT2D eigenvalue weighted by atomic mass is 32.3. The predicted octanol–water partition coefficient (Wildman–Crippen LogP) is 5.34. The Labute approximate surface area is 200 Å². The van der Waals surface area contributed by atoms with E-state index in [9.17, 15) is 18.3 Å². The molecule has 1 atom stereocenters. The third-order valence-electron chi connectivity index (χ3n) is 6.82. The first-order valence-electron chi connectivity index (χ1n) is 11.3. The Hall–Kier alpha value is -2.65. The molecule has 0 radical (unpaired) electrons. The molecule has 1 fully saturated rings. The number of benzene rings is 2. The van der Waals surface area contributed by atoms with Gasteiger partial charge in [0, 0.05) is 35.2 Å². The summed E-state index contributed by atoms with van der Waals surface area (Å²) in [7, 11) is -0.402. The molecule has 0 saturated carbocycles. The number of halogens is 1. The van der Waals surface area contributed by atoms with Crippen molar-refractivity contribution in [1.82, 2.24) is 4.90 Å². The van der Waals surface area contributed by atoms with Crippen LogP contribution in [0.2, 0.25) is 0 Å². The van der Waals surface area contributed by atoms with Crippen molar-refractivity contribution in [3.05, 3.63) is 76.8 Å². The van der Waals surface area contributed by atoms with Gasteiger partial charge in [0.15, 0.2) is 0 Å². The van der Waals surface area contributed by atoms with Gasteiger partial charge in [-0.2, -0.15) is 10.6 Å². The van der Waals surface area contributed by atoms with Crippen LogP contribution in [0.4, 0.5) is 10.1 Å². The van der Waals surface area contributed by atoms with E-state index in [1.807, 2.05) is 39.1 Å². The monoisotopic (exact) mass is 484 g/mol. The van der Waals surface area contributed by atoms with Gasteiger partial charge in [-0.25, -0.2) is 4.39 Å². The Morgan fingerprint density at radius 1 is 1.21 bits per heavy atom. The number of allylic oxidation sites excluding steroid dienone is 1.